The summed E-state index contributed by atoms with van der Waals surface area (Å²) in [4.78, 5) is 15.5. The van der Waals surface area contributed by atoms with Gasteiger partial charge in [0.1, 0.15) is 12.1 Å². The first-order chi connectivity index (χ1) is 15.1. The molecule has 0 N–H and O–H groups in total. The summed E-state index contributed by atoms with van der Waals surface area (Å²) in [5.41, 5.74) is 4.45. The number of benzene rings is 2. The van der Waals surface area contributed by atoms with Gasteiger partial charge in [-0.2, -0.15) is 0 Å². The number of hydrogen-bond acceptors (Lipinski definition) is 6. The molecule has 0 saturated carbocycles. The van der Waals surface area contributed by atoms with Crippen molar-refractivity contribution >= 4 is 10.9 Å². The summed E-state index contributed by atoms with van der Waals surface area (Å²) < 4.78 is 24.6. The van der Waals surface area contributed by atoms with Crippen LogP contribution in [0.4, 0.5) is 4.39 Å². The Hall–Kier alpha value is -3.58. The Morgan fingerprint density at radius 1 is 1.06 bits per heavy atom. The second-order valence-electron chi connectivity index (χ2n) is 7.63. The van der Waals surface area contributed by atoms with Crippen molar-refractivity contribution in [2.45, 2.75) is 19.5 Å². The van der Waals surface area contributed by atoms with E-state index >= 15 is 0 Å². The molecule has 0 amide bonds. The summed E-state index contributed by atoms with van der Waals surface area (Å²) in [6, 6.07) is 14.4. The quantitative estimate of drug-likeness (QED) is 0.468. The van der Waals surface area contributed by atoms with Gasteiger partial charge in [0.15, 0.2) is 11.5 Å². The van der Waals surface area contributed by atoms with Crippen LogP contribution in [0.2, 0.25) is 0 Å². The summed E-state index contributed by atoms with van der Waals surface area (Å²) >= 11 is 0. The maximum atomic E-state index is 13.5. The average molecular weight is 416 g/mol. The monoisotopic (exact) mass is 416 g/mol. The van der Waals surface area contributed by atoms with Crippen LogP contribution in [0.15, 0.2) is 61.1 Å². The lowest BCUT2D eigenvalue weighted by molar-refractivity contribution is 0.174. The standard InChI is InChI=1S/C24H21FN4O2/c1-15(20-7-8-26-13-27-20)29(2)12-18-9-17-10-22-23(31-14-30-22)11-21(17)28-24(18)16-3-5-19(25)6-4-16/h3-11,13,15H,12,14H2,1-2H3. The number of ether oxygens (including phenoxy) is 2. The molecule has 5 rings (SSSR count). The van der Waals surface area contributed by atoms with Crippen molar-refractivity contribution in [3.05, 3.63) is 78.1 Å². The van der Waals surface area contributed by atoms with Crippen LogP contribution < -0.4 is 9.47 Å². The highest BCUT2D eigenvalue weighted by atomic mass is 19.1. The number of halogens is 1. The number of hydrogen-bond donors (Lipinski definition) is 0. The van der Waals surface area contributed by atoms with Crippen molar-refractivity contribution in [1.82, 2.24) is 19.9 Å². The van der Waals surface area contributed by atoms with Gasteiger partial charge in [0, 0.05) is 35.8 Å². The highest BCUT2D eigenvalue weighted by molar-refractivity contribution is 5.86. The SMILES string of the molecule is CC(c1ccncn1)N(C)Cc1cc2cc3c(cc2nc1-c1ccc(F)cc1)OCO3. The van der Waals surface area contributed by atoms with Gasteiger partial charge in [-0.1, -0.05) is 0 Å². The van der Waals surface area contributed by atoms with E-state index in [1.807, 2.05) is 25.2 Å². The summed E-state index contributed by atoms with van der Waals surface area (Å²) in [6.45, 7) is 2.95. The maximum absolute atomic E-state index is 13.5. The minimum atomic E-state index is -0.274. The van der Waals surface area contributed by atoms with Gasteiger partial charge in [0.2, 0.25) is 6.79 Å². The van der Waals surface area contributed by atoms with E-state index in [0.29, 0.717) is 12.3 Å². The van der Waals surface area contributed by atoms with Crippen LogP contribution in [0.1, 0.15) is 24.2 Å². The average Bonchev–Trinajstić information content (AvgIpc) is 3.25. The molecule has 3 heterocycles. The zero-order valence-corrected chi connectivity index (χ0v) is 17.2. The fourth-order valence-corrected chi connectivity index (χ4v) is 3.77. The molecule has 4 aromatic rings. The molecule has 2 aromatic carbocycles. The molecule has 0 saturated heterocycles. The molecular formula is C24H21FN4O2. The number of fused-ring (bicyclic) bond motifs is 2. The van der Waals surface area contributed by atoms with Crippen LogP contribution in [-0.4, -0.2) is 33.7 Å². The summed E-state index contributed by atoms with van der Waals surface area (Å²) in [7, 11) is 2.05. The van der Waals surface area contributed by atoms with Gasteiger partial charge >= 0.3 is 0 Å². The largest absolute Gasteiger partial charge is 0.454 e. The van der Waals surface area contributed by atoms with Crippen LogP contribution >= 0.6 is 0 Å². The van der Waals surface area contributed by atoms with E-state index in [1.165, 1.54) is 12.1 Å². The molecule has 2 aromatic heterocycles. The fourth-order valence-electron chi connectivity index (χ4n) is 3.77. The van der Waals surface area contributed by atoms with Crippen LogP contribution in [0.3, 0.4) is 0 Å². The van der Waals surface area contributed by atoms with E-state index in [4.69, 9.17) is 14.5 Å². The third-order valence-electron chi connectivity index (χ3n) is 5.62. The first kappa shape index (κ1) is 19.4. The van der Waals surface area contributed by atoms with E-state index in [-0.39, 0.29) is 18.7 Å². The molecular weight excluding hydrogens is 395 g/mol. The Kier molecular flexibility index (Phi) is 4.95. The van der Waals surface area contributed by atoms with E-state index in [9.17, 15) is 4.39 Å². The van der Waals surface area contributed by atoms with Crippen molar-refractivity contribution in [3.8, 4) is 22.8 Å². The van der Waals surface area contributed by atoms with Crippen molar-refractivity contribution < 1.29 is 13.9 Å². The smallest absolute Gasteiger partial charge is 0.231 e. The number of pyridine rings is 1. The summed E-state index contributed by atoms with van der Waals surface area (Å²) in [5, 5.41) is 0.966. The zero-order chi connectivity index (χ0) is 21.4. The van der Waals surface area contributed by atoms with Gasteiger partial charge in [-0.15, -0.1) is 0 Å². The number of aromatic nitrogens is 3. The normalized spacial score (nSPS) is 13.7. The molecule has 1 aliphatic heterocycles. The predicted octanol–water partition coefficient (Wildman–Crippen LogP) is 4.75. The van der Waals surface area contributed by atoms with Crippen molar-refractivity contribution in [2.24, 2.45) is 0 Å². The highest BCUT2D eigenvalue weighted by Crippen LogP contribution is 2.37. The lowest BCUT2D eigenvalue weighted by Gasteiger charge is -2.25. The molecule has 31 heavy (non-hydrogen) atoms. The van der Waals surface area contributed by atoms with E-state index in [2.05, 4.69) is 27.9 Å². The molecule has 0 spiro atoms. The molecule has 6 nitrogen and oxygen atoms in total. The third kappa shape index (κ3) is 3.80. The van der Waals surface area contributed by atoms with Crippen LogP contribution in [-0.2, 0) is 6.54 Å². The minimum absolute atomic E-state index is 0.0801. The van der Waals surface area contributed by atoms with E-state index < -0.39 is 0 Å². The molecule has 1 atom stereocenters. The van der Waals surface area contributed by atoms with Gasteiger partial charge in [0.05, 0.1) is 16.9 Å². The van der Waals surface area contributed by atoms with Gasteiger partial charge in [0.25, 0.3) is 0 Å². The van der Waals surface area contributed by atoms with E-state index in [1.54, 1.807) is 24.7 Å². The lowest BCUT2D eigenvalue weighted by atomic mass is 10.0. The topological polar surface area (TPSA) is 60.4 Å². The van der Waals surface area contributed by atoms with Crippen molar-refractivity contribution in [1.29, 1.82) is 0 Å². The molecule has 0 radical (unpaired) electrons. The molecule has 0 fully saturated rings. The molecule has 7 heteroatoms. The first-order valence-corrected chi connectivity index (χ1v) is 10.0. The maximum Gasteiger partial charge on any atom is 0.231 e. The molecule has 0 bridgehead atoms. The Balaban J connectivity index is 1.58. The minimum Gasteiger partial charge on any atom is -0.454 e. The number of rotatable bonds is 5. The van der Waals surface area contributed by atoms with Crippen LogP contribution in [0.5, 0.6) is 11.5 Å². The highest BCUT2D eigenvalue weighted by Gasteiger charge is 2.20. The zero-order valence-electron chi connectivity index (χ0n) is 17.2. The Morgan fingerprint density at radius 3 is 2.58 bits per heavy atom. The molecule has 1 unspecified atom stereocenters. The third-order valence-corrected chi connectivity index (χ3v) is 5.62. The second kappa shape index (κ2) is 7.92. The Labute approximate surface area is 179 Å². The first-order valence-electron chi connectivity index (χ1n) is 10.0. The number of nitrogens with zero attached hydrogens (tertiary/aromatic N) is 4. The lowest BCUT2D eigenvalue weighted by Crippen LogP contribution is -2.23. The van der Waals surface area contributed by atoms with E-state index in [0.717, 1.165) is 39.2 Å². The predicted molar refractivity (Wildman–Crippen MR) is 115 cm³/mol. The van der Waals surface area contributed by atoms with Crippen LogP contribution in [0, 0.1) is 5.82 Å². The molecule has 0 aliphatic carbocycles. The van der Waals surface area contributed by atoms with Crippen molar-refractivity contribution in [2.75, 3.05) is 13.8 Å². The van der Waals surface area contributed by atoms with Gasteiger partial charge in [-0.05, 0) is 62.0 Å². The molecule has 1 aliphatic rings. The Morgan fingerprint density at radius 2 is 1.84 bits per heavy atom. The van der Waals surface area contributed by atoms with Crippen LogP contribution in [0.25, 0.3) is 22.2 Å². The Bertz CT molecular complexity index is 1230. The second-order valence-corrected chi connectivity index (χ2v) is 7.63. The molecule has 156 valence electrons. The van der Waals surface area contributed by atoms with Crippen molar-refractivity contribution in [3.63, 3.8) is 0 Å². The summed E-state index contributed by atoms with van der Waals surface area (Å²) in [6.07, 6.45) is 3.31. The van der Waals surface area contributed by atoms with Gasteiger partial charge in [-0.25, -0.2) is 19.3 Å². The van der Waals surface area contributed by atoms with Gasteiger partial charge in [-0.3, -0.25) is 4.90 Å². The fraction of sp³-hybridized carbons (Fsp3) is 0.208. The summed E-state index contributed by atoms with van der Waals surface area (Å²) in [5.74, 6) is 1.13. The van der Waals surface area contributed by atoms with Gasteiger partial charge < -0.3 is 9.47 Å².